The third-order valence-corrected chi connectivity index (χ3v) is 2.69. The summed E-state index contributed by atoms with van der Waals surface area (Å²) in [6.45, 7) is 2.45. The van der Waals surface area contributed by atoms with Crippen molar-refractivity contribution in [3.05, 3.63) is 0 Å². The molecule has 0 radical (unpaired) electrons. The summed E-state index contributed by atoms with van der Waals surface area (Å²) in [6, 6.07) is -0.336. The molecule has 0 spiro atoms. The van der Waals surface area contributed by atoms with E-state index < -0.39 is 12.6 Å². The van der Waals surface area contributed by atoms with Crippen molar-refractivity contribution in [2.45, 2.75) is 38.4 Å². The average molecular weight is 238 g/mol. The molecule has 0 bridgehead atoms. The average Bonchev–Trinajstić information content (AvgIpc) is 2.15. The Morgan fingerprint density at radius 3 is 2.75 bits per heavy atom. The van der Waals surface area contributed by atoms with Gasteiger partial charge < -0.3 is 10.6 Å². The second-order valence-electron chi connectivity index (χ2n) is 4.29. The minimum atomic E-state index is -4.21. The fourth-order valence-electron chi connectivity index (χ4n) is 1.76. The second-order valence-corrected chi connectivity index (χ2v) is 4.29. The maximum atomic E-state index is 11.8. The van der Waals surface area contributed by atoms with Crippen LogP contribution in [0, 0.1) is 5.92 Å². The molecule has 2 atom stereocenters. The molecule has 1 rings (SSSR count). The molecule has 2 N–H and O–H groups in total. The molecule has 1 aliphatic rings. The zero-order valence-electron chi connectivity index (χ0n) is 9.23. The zero-order chi connectivity index (χ0) is 12.2. The highest BCUT2D eigenvalue weighted by Gasteiger charge is 2.28. The van der Waals surface area contributed by atoms with Crippen LogP contribution in [0.25, 0.3) is 0 Å². The molecule has 0 aromatic carbocycles. The molecule has 0 saturated carbocycles. The lowest BCUT2D eigenvalue weighted by molar-refractivity contribution is -0.136. The number of nitrogens with one attached hydrogen (secondary N) is 2. The van der Waals surface area contributed by atoms with E-state index in [0.717, 1.165) is 13.0 Å². The molecule has 1 fully saturated rings. The Labute approximate surface area is 92.8 Å². The Balaban J connectivity index is 2.24. The van der Waals surface area contributed by atoms with E-state index in [1.54, 1.807) is 0 Å². The molecule has 1 aliphatic heterocycles. The van der Waals surface area contributed by atoms with Gasteiger partial charge in [0.15, 0.2) is 0 Å². The Hall–Kier alpha value is -0.780. The van der Waals surface area contributed by atoms with Gasteiger partial charge in [-0.1, -0.05) is 6.92 Å². The third-order valence-electron chi connectivity index (χ3n) is 2.69. The van der Waals surface area contributed by atoms with Crippen LogP contribution in [0.1, 0.15) is 26.2 Å². The quantitative estimate of drug-likeness (QED) is 0.781. The lowest BCUT2D eigenvalue weighted by Gasteiger charge is -2.27. The fourth-order valence-corrected chi connectivity index (χ4v) is 1.76. The maximum absolute atomic E-state index is 11.8. The van der Waals surface area contributed by atoms with Gasteiger partial charge >= 0.3 is 6.18 Å². The van der Waals surface area contributed by atoms with Gasteiger partial charge in [-0.2, -0.15) is 13.2 Å². The van der Waals surface area contributed by atoms with Gasteiger partial charge in [0, 0.05) is 6.54 Å². The van der Waals surface area contributed by atoms with Gasteiger partial charge in [0.25, 0.3) is 0 Å². The molecule has 1 saturated heterocycles. The van der Waals surface area contributed by atoms with Crippen LogP contribution in [0.15, 0.2) is 0 Å². The highest BCUT2D eigenvalue weighted by Crippen LogP contribution is 2.18. The first kappa shape index (κ1) is 13.3. The van der Waals surface area contributed by atoms with Crippen LogP contribution in [-0.4, -0.2) is 31.2 Å². The summed E-state index contributed by atoms with van der Waals surface area (Å²) in [6.07, 6.45) is -3.48. The van der Waals surface area contributed by atoms with Crippen LogP contribution >= 0.6 is 0 Å². The van der Waals surface area contributed by atoms with Crippen molar-refractivity contribution in [3.63, 3.8) is 0 Å². The summed E-state index contributed by atoms with van der Waals surface area (Å²) in [7, 11) is 0. The number of amides is 1. The Morgan fingerprint density at radius 2 is 2.19 bits per heavy atom. The van der Waals surface area contributed by atoms with Crippen molar-refractivity contribution in [1.82, 2.24) is 10.6 Å². The van der Waals surface area contributed by atoms with Crippen LogP contribution in [0.4, 0.5) is 13.2 Å². The number of hydrogen-bond donors (Lipinski definition) is 2. The van der Waals surface area contributed by atoms with Crippen LogP contribution in [0.2, 0.25) is 0 Å². The number of hydrogen-bond acceptors (Lipinski definition) is 2. The predicted octanol–water partition coefficient (Wildman–Crippen LogP) is 1.44. The van der Waals surface area contributed by atoms with Crippen LogP contribution in [0.3, 0.4) is 0 Å². The SMILES string of the molecule is CC1CCNC(C(=O)NCCC(F)(F)F)C1. The smallest absolute Gasteiger partial charge is 0.354 e. The number of halogens is 3. The fraction of sp³-hybridized carbons (Fsp3) is 0.900. The molecule has 6 heteroatoms. The number of piperidine rings is 1. The minimum Gasteiger partial charge on any atom is -0.354 e. The normalized spacial score (nSPS) is 26.5. The van der Waals surface area contributed by atoms with Crippen molar-refractivity contribution in [2.24, 2.45) is 5.92 Å². The highest BCUT2D eigenvalue weighted by atomic mass is 19.4. The first-order valence-corrected chi connectivity index (χ1v) is 5.46. The first-order valence-electron chi connectivity index (χ1n) is 5.46. The molecular weight excluding hydrogens is 221 g/mol. The van der Waals surface area contributed by atoms with E-state index in [1.807, 2.05) is 6.92 Å². The monoisotopic (exact) mass is 238 g/mol. The van der Waals surface area contributed by atoms with Gasteiger partial charge in [-0.15, -0.1) is 0 Å². The van der Waals surface area contributed by atoms with Crippen LogP contribution in [-0.2, 0) is 4.79 Å². The summed E-state index contributed by atoms with van der Waals surface area (Å²) in [5.74, 6) is 0.121. The van der Waals surface area contributed by atoms with Crippen molar-refractivity contribution in [1.29, 1.82) is 0 Å². The minimum absolute atomic E-state index is 0.323. The number of rotatable bonds is 3. The van der Waals surface area contributed by atoms with E-state index in [1.165, 1.54) is 0 Å². The summed E-state index contributed by atoms with van der Waals surface area (Å²) in [4.78, 5) is 11.5. The lowest BCUT2D eigenvalue weighted by Crippen LogP contribution is -2.48. The van der Waals surface area contributed by atoms with Crippen molar-refractivity contribution in [2.75, 3.05) is 13.1 Å². The van der Waals surface area contributed by atoms with E-state index in [4.69, 9.17) is 0 Å². The van der Waals surface area contributed by atoms with E-state index in [9.17, 15) is 18.0 Å². The van der Waals surface area contributed by atoms with Crippen LogP contribution < -0.4 is 10.6 Å². The largest absolute Gasteiger partial charge is 0.390 e. The topological polar surface area (TPSA) is 41.1 Å². The van der Waals surface area contributed by atoms with Gasteiger partial charge in [-0.05, 0) is 25.3 Å². The first-order chi connectivity index (χ1) is 7.38. The van der Waals surface area contributed by atoms with Gasteiger partial charge in [0.05, 0.1) is 12.5 Å². The summed E-state index contributed by atoms with van der Waals surface area (Å²) in [5.41, 5.74) is 0. The van der Waals surface area contributed by atoms with Crippen LogP contribution in [0.5, 0.6) is 0 Å². The van der Waals surface area contributed by atoms with Gasteiger partial charge in [0.1, 0.15) is 0 Å². The predicted molar refractivity (Wildman–Crippen MR) is 53.9 cm³/mol. The summed E-state index contributed by atoms with van der Waals surface area (Å²) in [5, 5.41) is 5.31. The van der Waals surface area contributed by atoms with Crippen molar-refractivity contribution >= 4 is 5.91 Å². The molecule has 1 amide bonds. The van der Waals surface area contributed by atoms with E-state index in [2.05, 4.69) is 10.6 Å². The number of carbonyl (C=O) groups is 1. The van der Waals surface area contributed by atoms with E-state index in [0.29, 0.717) is 12.3 Å². The molecule has 16 heavy (non-hydrogen) atoms. The Kier molecular flexibility index (Phi) is 4.58. The highest BCUT2D eigenvalue weighted by molar-refractivity contribution is 5.81. The Bertz CT molecular complexity index is 243. The van der Waals surface area contributed by atoms with Gasteiger partial charge in [-0.25, -0.2) is 0 Å². The summed E-state index contributed by atoms with van der Waals surface area (Å²) >= 11 is 0. The standard InChI is InChI=1S/C10H17F3N2O/c1-7-2-4-14-8(6-7)9(16)15-5-3-10(11,12)13/h7-8,14H,2-6H2,1H3,(H,15,16). The number of carbonyl (C=O) groups excluding carboxylic acids is 1. The number of alkyl halides is 3. The summed E-state index contributed by atoms with van der Waals surface area (Å²) < 4.78 is 35.5. The lowest BCUT2D eigenvalue weighted by atomic mass is 9.94. The molecule has 0 aromatic rings. The van der Waals surface area contributed by atoms with E-state index >= 15 is 0 Å². The second kappa shape index (κ2) is 5.52. The van der Waals surface area contributed by atoms with Crippen molar-refractivity contribution in [3.8, 4) is 0 Å². The van der Waals surface area contributed by atoms with E-state index in [-0.39, 0.29) is 18.5 Å². The molecule has 2 unspecified atom stereocenters. The Morgan fingerprint density at radius 1 is 1.50 bits per heavy atom. The van der Waals surface area contributed by atoms with Gasteiger partial charge in [-0.3, -0.25) is 4.79 Å². The maximum Gasteiger partial charge on any atom is 0.390 e. The molecule has 0 aromatic heterocycles. The zero-order valence-corrected chi connectivity index (χ0v) is 9.23. The third kappa shape index (κ3) is 4.83. The molecule has 1 heterocycles. The molecule has 3 nitrogen and oxygen atoms in total. The molecule has 94 valence electrons. The molecule has 0 aliphatic carbocycles. The van der Waals surface area contributed by atoms with Gasteiger partial charge in [0.2, 0.25) is 5.91 Å². The van der Waals surface area contributed by atoms with Crippen molar-refractivity contribution < 1.29 is 18.0 Å². The molecular formula is C10H17F3N2O.